The Bertz CT molecular complexity index is 602. The standard InChI is InChI=1S/C15H19N3OS/c1-4-10-5-7-11(8-6-10)12-13(16)20-15(17-12)18-14(19)9(2)3/h5-9H,4,16H2,1-3H3,(H,17,18,19). The summed E-state index contributed by atoms with van der Waals surface area (Å²) in [5, 5.41) is 3.95. The summed E-state index contributed by atoms with van der Waals surface area (Å²) in [6.07, 6.45) is 1.00. The van der Waals surface area contributed by atoms with E-state index >= 15 is 0 Å². The molecule has 0 fully saturated rings. The highest BCUT2D eigenvalue weighted by atomic mass is 32.1. The Balaban J connectivity index is 2.24. The maximum Gasteiger partial charge on any atom is 0.228 e. The second-order valence-corrected chi connectivity index (χ2v) is 5.96. The lowest BCUT2D eigenvalue weighted by atomic mass is 10.1. The molecule has 4 nitrogen and oxygen atoms in total. The number of carbonyl (C=O) groups excluding carboxylic acids is 1. The number of anilines is 2. The minimum absolute atomic E-state index is 0.0494. The second-order valence-electron chi connectivity index (χ2n) is 4.93. The number of hydrogen-bond acceptors (Lipinski definition) is 4. The fraction of sp³-hybridized carbons (Fsp3) is 0.333. The molecule has 0 saturated heterocycles. The molecule has 5 heteroatoms. The van der Waals surface area contributed by atoms with Gasteiger partial charge < -0.3 is 11.1 Å². The molecule has 0 bridgehead atoms. The highest BCUT2D eigenvalue weighted by Crippen LogP contribution is 2.33. The Labute approximate surface area is 123 Å². The van der Waals surface area contributed by atoms with E-state index in [1.807, 2.05) is 26.0 Å². The first kappa shape index (κ1) is 14.5. The van der Waals surface area contributed by atoms with Crippen LogP contribution < -0.4 is 11.1 Å². The van der Waals surface area contributed by atoms with Crippen LogP contribution in [0.4, 0.5) is 10.1 Å². The summed E-state index contributed by atoms with van der Waals surface area (Å²) in [5.74, 6) is -0.126. The van der Waals surface area contributed by atoms with Crippen molar-refractivity contribution in [1.82, 2.24) is 4.98 Å². The summed E-state index contributed by atoms with van der Waals surface area (Å²) in [6, 6.07) is 8.16. The van der Waals surface area contributed by atoms with Crippen LogP contribution in [0.5, 0.6) is 0 Å². The van der Waals surface area contributed by atoms with Crippen LogP contribution >= 0.6 is 11.3 Å². The Kier molecular flexibility index (Phi) is 4.39. The molecule has 3 N–H and O–H groups in total. The number of nitrogens with one attached hydrogen (secondary N) is 1. The largest absolute Gasteiger partial charge is 0.389 e. The first-order valence-corrected chi connectivity index (χ1v) is 7.49. The topological polar surface area (TPSA) is 68.0 Å². The average Bonchev–Trinajstić information content (AvgIpc) is 2.79. The monoisotopic (exact) mass is 289 g/mol. The predicted molar refractivity (Wildman–Crippen MR) is 84.8 cm³/mol. The highest BCUT2D eigenvalue weighted by molar-refractivity contribution is 7.20. The van der Waals surface area contributed by atoms with E-state index in [-0.39, 0.29) is 11.8 Å². The Hall–Kier alpha value is -1.88. The summed E-state index contributed by atoms with van der Waals surface area (Å²) in [5.41, 5.74) is 8.98. The van der Waals surface area contributed by atoms with Crippen LogP contribution in [0.1, 0.15) is 26.3 Å². The second kappa shape index (κ2) is 6.05. The number of hydrogen-bond donors (Lipinski definition) is 2. The summed E-state index contributed by atoms with van der Waals surface area (Å²) >= 11 is 1.30. The molecule has 1 heterocycles. The van der Waals surface area contributed by atoms with Crippen LogP contribution in [0.3, 0.4) is 0 Å². The molecule has 1 amide bonds. The van der Waals surface area contributed by atoms with Gasteiger partial charge in [0.1, 0.15) is 10.7 Å². The third kappa shape index (κ3) is 3.17. The number of carbonyl (C=O) groups is 1. The summed E-state index contributed by atoms with van der Waals surface area (Å²) in [4.78, 5) is 16.1. The van der Waals surface area contributed by atoms with E-state index in [4.69, 9.17) is 5.73 Å². The summed E-state index contributed by atoms with van der Waals surface area (Å²) < 4.78 is 0. The van der Waals surface area contributed by atoms with Gasteiger partial charge in [-0.3, -0.25) is 4.79 Å². The Morgan fingerprint density at radius 2 is 2.00 bits per heavy atom. The summed E-state index contributed by atoms with van der Waals surface area (Å²) in [7, 11) is 0. The van der Waals surface area contributed by atoms with E-state index in [0.29, 0.717) is 10.1 Å². The van der Waals surface area contributed by atoms with Gasteiger partial charge in [0.15, 0.2) is 5.13 Å². The van der Waals surface area contributed by atoms with Crippen molar-refractivity contribution >= 4 is 27.4 Å². The third-order valence-corrected chi connectivity index (χ3v) is 3.84. The number of nitrogen functional groups attached to an aromatic ring is 1. The van der Waals surface area contributed by atoms with Gasteiger partial charge in [0, 0.05) is 11.5 Å². The van der Waals surface area contributed by atoms with Crippen LogP contribution in [0.2, 0.25) is 0 Å². The molecule has 0 radical (unpaired) electrons. The molecule has 0 unspecified atom stereocenters. The molecule has 0 spiro atoms. The number of nitrogens with two attached hydrogens (primary N) is 1. The van der Waals surface area contributed by atoms with E-state index in [2.05, 4.69) is 29.4 Å². The molecule has 0 saturated carbocycles. The van der Waals surface area contributed by atoms with Crippen LogP contribution in [0.15, 0.2) is 24.3 Å². The Morgan fingerprint density at radius 1 is 1.35 bits per heavy atom. The third-order valence-electron chi connectivity index (χ3n) is 3.04. The average molecular weight is 289 g/mol. The fourth-order valence-corrected chi connectivity index (χ4v) is 2.50. The summed E-state index contributed by atoms with van der Waals surface area (Å²) in [6.45, 7) is 5.80. The lowest BCUT2D eigenvalue weighted by Crippen LogP contribution is -2.17. The van der Waals surface area contributed by atoms with Crippen LogP contribution in [-0.2, 0) is 11.2 Å². The molecule has 2 rings (SSSR count). The molecule has 2 aromatic rings. The lowest BCUT2D eigenvalue weighted by Gasteiger charge is -2.03. The maximum absolute atomic E-state index is 11.7. The number of rotatable bonds is 4. The molecular formula is C15H19N3OS. The smallest absolute Gasteiger partial charge is 0.228 e. The zero-order valence-electron chi connectivity index (χ0n) is 11.9. The lowest BCUT2D eigenvalue weighted by molar-refractivity contribution is -0.118. The Morgan fingerprint density at radius 3 is 2.55 bits per heavy atom. The van der Waals surface area contributed by atoms with Crippen LogP contribution in [0, 0.1) is 5.92 Å². The van der Waals surface area contributed by atoms with Gasteiger partial charge in [0.2, 0.25) is 5.91 Å². The number of nitrogens with zero attached hydrogens (tertiary/aromatic N) is 1. The SMILES string of the molecule is CCc1ccc(-c2nc(NC(=O)C(C)C)sc2N)cc1. The van der Waals surface area contributed by atoms with Crippen molar-refractivity contribution in [2.45, 2.75) is 27.2 Å². The molecular weight excluding hydrogens is 270 g/mol. The molecule has 106 valence electrons. The van der Waals surface area contributed by atoms with Gasteiger partial charge in [-0.1, -0.05) is 56.4 Å². The predicted octanol–water partition coefficient (Wildman–Crippen LogP) is 3.55. The number of amides is 1. The van der Waals surface area contributed by atoms with Gasteiger partial charge in [0.05, 0.1) is 0 Å². The van der Waals surface area contributed by atoms with Crippen molar-refractivity contribution in [3.63, 3.8) is 0 Å². The van der Waals surface area contributed by atoms with E-state index in [1.165, 1.54) is 16.9 Å². The van der Waals surface area contributed by atoms with Crippen molar-refractivity contribution < 1.29 is 4.79 Å². The number of thiazole rings is 1. The molecule has 1 aromatic carbocycles. The molecule has 0 aliphatic heterocycles. The van der Waals surface area contributed by atoms with Gasteiger partial charge in [-0.15, -0.1) is 0 Å². The van der Waals surface area contributed by atoms with Gasteiger partial charge in [-0.2, -0.15) is 0 Å². The zero-order chi connectivity index (χ0) is 14.7. The first-order chi connectivity index (χ1) is 9.51. The first-order valence-electron chi connectivity index (χ1n) is 6.67. The van der Waals surface area contributed by atoms with Crippen molar-refractivity contribution in [1.29, 1.82) is 0 Å². The highest BCUT2D eigenvalue weighted by Gasteiger charge is 2.14. The molecule has 1 aromatic heterocycles. The van der Waals surface area contributed by atoms with Crippen LogP contribution in [0.25, 0.3) is 11.3 Å². The van der Waals surface area contributed by atoms with Crippen molar-refractivity contribution in [3.8, 4) is 11.3 Å². The van der Waals surface area contributed by atoms with Gasteiger partial charge >= 0.3 is 0 Å². The quantitative estimate of drug-likeness (QED) is 0.904. The van der Waals surface area contributed by atoms with E-state index < -0.39 is 0 Å². The molecule has 0 aliphatic carbocycles. The van der Waals surface area contributed by atoms with Crippen molar-refractivity contribution in [2.75, 3.05) is 11.1 Å². The van der Waals surface area contributed by atoms with Crippen LogP contribution in [-0.4, -0.2) is 10.9 Å². The number of aromatic nitrogens is 1. The number of benzene rings is 1. The minimum Gasteiger partial charge on any atom is -0.389 e. The van der Waals surface area contributed by atoms with E-state index in [9.17, 15) is 4.79 Å². The fourth-order valence-electron chi connectivity index (χ4n) is 1.74. The maximum atomic E-state index is 11.7. The molecule has 0 atom stereocenters. The van der Waals surface area contributed by atoms with Gasteiger partial charge in [0.25, 0.3) is 0 Å². The molecule has 20 heavy (non-hydrogen) atoms. The van der Waals surface area contributed by atoms with Gasteiger partial charge in [-0.05, 0) is 12.0 Å². The molecule has 0 aliphatic rings. The van der Waals surface area contributed by atoms with Gasteiger partial charge in [-0.25, -0.2) is 4.98 Å². The van der Waals surface area contributed by atoms with Crippen molar-refractivity contribution in [3.05, 3.63) is 29.8 Å². The van der Waals surface area contributed by atoms with E-state index in [0.717, 1.165) is 17.7 Å². The number of aryl methyl sites for hydroxylation is 1. The van der Waals surface area contributed by atoms with Crippen molar-refractivity contribution in [2.24, 2.45) is 5.92 Å². The van der Waals surface area contributed by atoms with E-state index in [1.54, 1.807) is 0 Å². The zero-order valence-corrected chi connectivity index (χ0v) is 12.8. The minimum atomic E-state index is -0.0765. The normalized spacial score (nSPS) is 10.8.